The van der Waals surface area contributed by atoms with E-state index in [-0.39, 0.29) is 29.9 Å². The van der Waals surface area contributed by atoms with Crippen LogP contribution in [0.1, 0.15) is 48.4 Å². The molecule has 240 valence electrons. The number of nitrogens with zero attached hydrogens (tertiary/aromatic N) is 4. The largest absolute Gasteiger partial charge is 0.425 e. The van der Waals surface area contributed by atoms with Gasteiger partial charge in [0, 0.05) is 56.4 Å². The van der Waals surface area contributed by atoms with Gasteiger partial charge in [-0.15, -0.1) is 0 Å². The van der Waals surface area contributed by atoms with Crippen molar-refractivity contribution in [3.8, 4) is 5.75 Å². The summed E-state index contributed by atoms with van der Waals surface area (Å²) in [6.07, 6.45) is 8.34. The second-order valence-corrected chi connectivity index (χ2v) is 14.5. The monoisotopic (exact) mass is 696 g/mol. The Morgan fingerprint density at radius 1 is 1.02 bits per heavy atom. The zero-order valence-corrected chi connectivity index (χ0v) is 28.0. The van der Waals surface area contributed by atoms with E-state index in [2.05, 4.69) is 67.9 Å². The molecule has 0 saturated carbocycles. The molecular formula is C33H41BrN6O4S. The second-order valence-electron chi connectivity index (χ2n) is 12.4. The van der Waals surface area contributed by atoms with E-state index < -0.39 is 10.2 Å². The highest BCUT2D eigenvalue weighted by Gasteiger charge is 2.38. The SMILES string of the molecule is Cc1ccc2c(c1)CCC1=CC(Br)=CNC1C2N1CCN(C(=O)CC2CCN(/C(=N/S(N)(=O)=O)Oc3ccccc3)CC2)CC1. The number of nitrogens with one attached hydrogen (secondary N) is 1. The highest BCUT2D eigenvalue weighted by molar-refractivity contribution is 9.11. The number of carbonyl (C=O) groups excluding carboxylic acids is 1. The van der Waals surface area contributed by atoms with Crippen molar-refractivity contribution in [1.29, 1.82) is 0 Å². The van der Waals surface area contributed by atoms with Crippen LogP contribution in [0.5, 0.6) is 5.75 Å². The summed E-state index contributed by atoms with van der Waals surface area (Å²) >= 11 is 3.66. The Bertz CT molecular complexity index is 1600. The normalized spacial score (nSPS) is 23.2. The van der Waals surface area contributed by atoms with E-state index in [1.54, 1.807) is 29.2 Å². The fraction of sp³-hybridized carbons (Fsp3) is 0.455. The van der Waals surface area contributed by atoms with E-state index in [1.807, 2.05) is 11.0 Å². The molecule has 6 rings (SSSR count). The smallest absolute Gasteiger partial charge is 0.321 e. The van der Waals surface area contributed by atoms with Crippen LogP contribution >= 0.6 is 15.9 Å². The minimum atomic E-state index is -4.14. The standard InChI is InChI=1S/C33H41BrN6O4S/c1-23-7-10-29-25(19-23)8-9-26-21-27(34)22-36-31(26)32(29)39-17-15-38(16-18-39)30(41)20-24-11-13-40(14-12-24)33(37-45(35,42)43)44-28-5-3-2-4-6-28/h2-7,10,19,21-22,24,31-32,36H,8-9,11-18,20H2,1H3,(H2,35,42,43)/b37-33-. The number of piperidine rings is 1. The van der Waals surface area contributed by atoms with Crippen LogP contribution < -0.4 is 15.2 Å². The molecule has 0 bridgehead atoms. The molecule has 0 spiro atoms. The summed E-state index contributed by atoms with van der Waals surface area (Å²) < 4.78 is 34.1. The number of fused-ring (bicyclic) bond motifs is 2. The summed E-state index contributed by atoms with van der Waals surface area (Å²) in [5.74, 6) is 0.877. The fourth-order valence-corrected chi connectivity index (χ4v) is 7.81. The number of carbonyl (C=O) groups is 1. The molecule has 45 heavy (non-hydrogen) atoms. The van der Waals surface area contributed by atoms with Gasteiger partial charge >= 0.3 is 16.2 Å². The Morgan fingerprint density at radius 2 is 1.76 bits per heavy atom. The Labute approximate surface area is 274 Å². The summed E-state index contributed by atoms with van der Waals surface area (Å²) in [5.41, 5.74) is 5.52. The number of dihydropyridines is 1. The number of rotatable bonds is 5. The van der Waals surface area contributed by atoms with E-state index in [0.29, 0.717) is 38.3 Å². The Balaban J connectivity index is 1.06. The lowest BCUT2D eigenvalue weighted by atomic mass is 9.90. The summed E-state index contributed by atoms with van der Waals surface area (Å²) in [6, 6.07) is 16.2. The average molecular weight is 698 g/mol. The number of halogens is 1. The fourth-order valence-electron chi connectivity index (χ4n) is 7.01. The van der Waals surface area contributed by atoms with Gasteiger partial charge in [-0.2, -0.15) is 8.42 Å². The number of hydrogen-bond acceptors (Lipinski definition) is 6. The minimum Gasteiger partial charge on any atom is -0.425 e. The number of ether oxygens (including phenoxy) is 1. The van der Waals surface area contributed by atoms with Crippen LogP contribution in [0.4, 0.5) is 0 Å². The van der Waals surface area contributed by atoms with Crippen molar-refractivity contribution in [2.45, 2.75) is 51.1 Å². The van der Waals surface area contributed by atoms with Crippen molar-refractivity contribution in [2.24, 2.45) is 15.5 Å². The topological polar surface area (TPSA) is 121 Å². The second kappa shape index (κ2) is 13.7. The number of allylic oxidation sites excluding steroid dienone is 2. The number of piperazine rings is 1. The van der Waals surface area contributed by atoms with Gasteiger partial charge in [0.1, 0.15) is 5.75 Å². The zero-order valence-electron chi connectivity index (χ0n) is 25.6. The van der Waals surface area contributed by atoms with E-state index >= 15 is 0 Å². The first-order valence-corrected chi connectivity index (χ1v) is 18.0. The number of aryl methyl sites for hydroxylation is 2. The van der Waals surface area contributed by atoms with Gasteiger partial charge in [-0.1, -0.05) is 46.4 Å². The first-order chi connectivity index (χ1) is 21.6. The molecule has 12 heteroatoms. The van der Waals surface area contributed by atoms with Gasteiger partial charge in [-0.3, -0.25) is 9.69 Å². The maximum atomic E-state index is 13.5. The third kappa shape index (κ3) is 7.79. The molecule has 2 saturated heterocycles. The van der Waals surface area contributed by atoms with Crippen molar-refractivity contribution < 1.29 is 17.9 Å². The van der Waals surface area contributed by atoms with E-state index in [0.717, 1.165) is 43.3 Å². The quantitative estimate of drug-likeness (QED) is 0.358. The molecule has 2 atom stereocenters. The number of likely N-dealkylation sites (tertiary alicyclic amines) is 1. The summed E-state index contributed by atoms with van der Waals surface area (Å²) in [5, 5.41) is 8.90. The predicted molar refractivity (Wildman–Crippen MR) is 179 cm³/mol. The lowest BCUT2D eigenvalue weighted by Crippen LogP contribution is -2.54. The molecule has 1 aliphatic carbocycles. The summed E-state index contributed by atoms with van der Waals surface area (Å²) in [7, 11) is -4.14. The number of para-hydroxylation sites is 1. The number of amidine groups is 1. The number of benzene rings is 2. The van der Waals surface area contributed by atoms with Crippen molar-refractivity contribution in [3.63, 3.8) is 0 Å². The van der Waals surface area contributed by atoms with Crippen molar-refractivity contribution in [2.75, 3.05) is 39.3 Å². The van der Waals surface area contributed by atoms with Gasteiger partial charge in [0.15, 0.2) is 0 Å². The zero-order chi connectivity index (χ0) is 31.6. The van der Waals surface area contributed by atoms with Crippen LogP contribution in [0.15, 0.2) is 75.3 Å². The van der Waals surface area contributed by atoms with Crippen LogP contribution in [0.2, 0.25) is 0 Å². The lowest BCUT2D eigenvalue weighted by Gasteiger charge is -2.44. The van der Waals surface area contributed by atoms with Crippen molar-refractivity contribution in [1.82, 2.24) is 20.0 Å². The third-order valence-corrected chi connectivity index (χ3v) is 10.2. The molecule has 4 aliphatic rings. The van der Waals surface area contributed by atoms with E-state index in [9.17, 15) is 13.2 Å². The van der Waals surface area contributed by atoms with Gasteiger partial charge in [-0.05, 0) is 89.4 Å². The lowest BCUT2D eigenvalue weighted by molar-refractivity contribution is -0.134. The van der Waals surface area contributed by atoms with Gasteiger partial charge in [0.2, 0.25) is 5.91 Å². The first kappa shape index (κ1) is 31.8. The van der Waals surface area contributed by atoms with Crippen LogP contribution in [-0.2, 0) is 21.4 Å². The molecule has 10 nitrogen and oxygen atoms in total. The predicted octanol–water partition coefficient (Wildman–Crippen LogP) is 4.00. The maximum absolute atomic E-state index is 13.5. The van der Waals surface area contributed by atoms with Crippen molar-refractivity contribution in [3.05, 3.63) is 87.6 Å². The third-order valence-electron chi connectivity index (χ3n) is 9.31. The van der Waals surface area contributed by atoms with E-state index in [1.165, 1.54) is 22.3 Å². The molecule has 2 aromatic rings. The van der Waals surface area contributed by atoms with Gasteiger partial charge < -0.3 is 19.9 Å². The first-order valence-electron chi connectivity index (χ1n) is 15.7. The minimum absolute atomic E-state index is 0.0341. The summed E-state index contributed by atoms with van der Waals surface area (Å²) in [6.45, 7) is 6.27. The molecule has 0 aromatic heterocycles. The molecule has 2 fully saturated rings. The molecule has 1 amide bonds. The Morgan fingerprint density at radius 3 is 2.47 bits per heavy atom. The molecule has 2 unspecified atom stereocenters. The van der Waals surface area contributed by atoms with Crippen LogP contribution in [0.3, 0.4) is 0 Å². The van der Waals surface area contributed by atoms with E-state index in [4.69, 9.17) is 9.88 Å². The van der Waals surface area contributed by atoms with Gasteiger partial charge in [-0.25, -0.2) is 5.14 Å². The highest BCUT2D eigenvalue weighted by Crippen LogP contribution is 2.39. The number of amides is 1. The highest BCUT2D eigenvalue weighted by atomic mass is 79.9. The summed E-state index contributed by atoms with van der Waals surface area (Å²) in [4.78, 5) is 19.8. The molecule has 3 aliphatic heterocycles. The number of nitrogens with two attached hydrogens (primary N) is 1. The average Bonchev–Trinajstić information content (AvgIpc) is 3.17. The maximum Gasteiger partial charge on any atom is 0.321 e. The Hall–Kier alpha value is -3.19. The van der Waals surface area contributed by atoms with Crippen molar-refractivity contribution >= 4 is 38.1 Å². The number of hydrogen-bond donors (Lipinski definition) is 2. The van der Waals surface area contributed by atoms with Gasteiger partial charge in [0.05, 0.1) is 12.1 Å². The van der Waals surface area contributed by atoms with Crippen LogP contribution in [0.25, 0.3) is 0 Å². The van der Waals surface area contributed by atoms with Crippen LogP contribution in [-0.4, -0.2) is 80.4 Å². The molecule has 3 N–H and O–H groups in total. The molecule has 0 radical (unpaired) electrons. The molecular weight excluding hydrogens is 656 g/mol. The Kier molecular flexibility index (Phi) is 9.65. The van der Waals surface area contributed by atoms with Gasteiger partial charge in [0.25, 0.3) is 0 Å². The van der Waals surface area contributed by atoms with Crippen LogP contribution in [0, 0.1) is 12.8 Å². The molecule has 2 aromatic carbocycles. The molecule has 3 heterocycles.